The zero-order valence-corrected chi connectivity index (χ0v) is 11.3. The van der Waals surface area contributed by atoms with Crippen molar-refractivity contribution in [3.05, 3.63) is 47.9 Å². The quantitative estimate of drug-likeness (QED) is 0.917. The molecule has 19 heavy (non-hydrogen) atoms. The molecule has 0 radical (unpaired) electrons. The average molecular weight is 256 g/mol. The molecule has 1 atom stereocenters. The van der Waals surface area contributed by atoms with Crippen LogP contribution in [0.5, 0.6) is 0 Å². The fraction of sp³-hybridized carbons (Fsp3) is 0.400. The van der Waals surface area contributed by atoms with Gasteiger partial charge in [-0.2, -0.15) is 0 Å². The highest BCUT2D eigenvalue weighted by Crippen LogP contribution is 2.30. The SMILES string of the molecule is CCC1c2cccn2CCN1Cc1cccnc1N. The van der Waals surface area contributed by atoms with Gasteiger partial charge in [0.15, 0.2) is 0 Å². The first-order valence-corrected chi connectivity index (χ1v) is 6.88. The summed E-state index contributed by atoms with van der Waals surface area (Å²) >= 11 is 0. The first-order chi connectivity index (χ1) is 9.29. The van der Waals surface area contributed by atoms with E-state index in [0.29, 0.717) is 11.9 Å². The average Bonchev–Trinajstić information content (AvgIpc) is 2.89. The van der Waals surface area contributed by atoms with Crippen LogP contribution in [-0.4, -0.2) is 21.0 Å². The highest BCUT2D eigenvalue weighted by atomic mass is 15.2. The summed E-state index contributed by atoms with van der Waals surface area (Å²) in [4.78, 5) is 6.68. The van der Waals surface area contributed by atoms with E-state index in [9.17, 15) is 0 Å². The number of fused-ring (bicyclic) bond motifs is 1. The predicted octanol–water partition coefficient (Wildman–Crippen LogP) is 2.43. The maximum atomic E-state index is 5.96. The molecule has 1 aliphatic rings. The lowest BCUT2D eigenvalue weighted by Crippen LogP contribution is -2.37. The molecular formula is C15H20N4. The lowest BCUT2D eigenvalue weighted by molar-refractivity contribution is 0.144. The maximum absolute atomic E-state index is 5.96. The van der Waals surface area contributed by atoms with Crippen LogP contribution >= 0.6 is 0 Å². The summed E-state index contributed by atoms with van der Waals surface area (Å²) in [5, 5.41) is 0. The third-order valence-electron chi connectivity index (χ3n) is 3.96. The van der Waals surface area contributed by atoms with E-state index in [0.717, 1.165) is 31.6 Å². The largest absolute Gasteiger partial charge is 0.383 e. The molecule has 0 fully saturated rings. The summed E-state index contributed by atoms with van der Waals surface area (Å²) in [6.45, 7) is 5.24. The van der Waals surface area contributed by atoms with Crippen LogP contribution in [0, 0.1) is 0 Å². The Morgan fingerprint density at radius 3 is 3.00 bits per heavy atom. The summed E-state index contributed by atoms with van der Waals surface area (Å²) in [5.41, 5.74) is 8.50. The van der Waals surface area contributed by atoms with Crippen LogP contribution < -0.4 is 5.73 Å². The zero-order valence-electron chi connectivity index (χ0n) is 11.3. The molecule has 0 aliphatic carbocycles. The number of anilines is 1. The summed E-state index contributed by atoms with van der Waals surface area (Å²) < 4.78 is 2.36. The van der Waals surface area contributed by atoms with Crippen molar-refractivity contribution in [3.63, 3.8) is 0 Å². The van der Waals surface area contributed by atoms with Gasteiger partial charge in [0, 0.05) is 43.3 Å². The molecule has 0 aromatic carbocycles. The molecule has 1 aliphatic heterocycles. The normalized spacial score (nSPS) is 19.3. The van der Waals surface area contributed by atoms with Gasteiger partial charge in [0.25, 0.3) is 0 Å². The van der Waals surface area contributed by atoms with Gasteiger partial charge in [-0.3, -0.25) is 4.90 Å². The van der Waals surface area contributed by atoms with E-state index < -0.39 is 0 Å². The van der Waals surface area contributed by atoms with Gasteiger partial charge >= 0.3 is 0 Å². The second kappa shape index (κ2) is 5.05. The fourth-order valence-corrected chi connectivity index (χ4v) is 2.97. The van der Waals surface area contributed by atoms with E-state index in [1.54, 1.807) is 6.20 Å². The van der Waals surface area contributed by atoms with Gasteiger partial charge < -0.3 is 10.3 Å². The lowest BCUT2D eigenvalue weighted by atomic mass is 10.1. The van der Waals surface area contributed by atoms with Crippen molar-refractivity contribution in [2.75, 3.05) is 12.3 Å². The number of rotatable bonds is 3. The van der Waals surface area contributed by atoms with Gasteiger partial charge in [0.05, 0.1) is 6.04 Å². The number of nitrogen functional groups attached to an aromatic ring is 1. The molecule has 100 valence electrons. The highest BCUT2D eigenvalue weighted by Gasteiger charge is 2.26. The lowest BCUT2D eigenvalue weighted by Gasteiger charge is -2.36. The van der Waals surface area contributed by atoms with Crippen LogP contribution in [0.1, 0.15) is 30.6 Å². The molecule has 4 nitrogen and oxygen atoms in total. The van der Waals surface area contributed by atoms with E-state index >= 15 is 0 Å². The van der Waals surface area contributed by atoms with Crippen molar-refractivity contribution in [2.45, 2.75) is 32.5 Å². The number of nitrogens with two attached hydrogens (primary N) is 1. The summed E-state index contributed by atoms with van der Waals surface area (Å²) in [5.74, 6) is 0.651. The Bertz CT molecular complexity index is 561. The highest BCUT2D eigenvalue weighted by molar-refractivity contribution is 5.38. The van der Waals surface area contributed by atoms with Crippen LogP contribution in [0.4, 0.5) is 5.82 Å². The summed E-state index contributed by atoms with van der Waals surface area (Å²) in [7, 11) is 0. The molecule has 0 bridgehead atoms. The minimum atomic E-state index is 0.475. The zero-order chi connectivity index (χ0) is 13.2. The van der Waals surface area contributed by atoms with Crippen LogP contribution in [0.2, 0.25) is 0 Å². The van der Waals surface area contributed by atoms with Crippen molar-refractivity contribution in [1.29, 1.82) is 0 Å². The van der Waals surface area contributed by atoms with Crippen molar-refractivity contribution in [3.8, 4) is 0 Å². The Hall–Kier alpha value is -1.81. The third-order valence-corrected chi connectivity index (χ3v) is 3.96. The van der Waals surface area contributed by atoms with Crippen LogP contribution in [0.25, 0.3) is 0 Å². The minimum Gasteiger partial charge on any atom is -0.383 e. The first kappa shape index (κ1) is 12.2. The third kappa shape index (κ3) is 2.24. The Balaban J connectivity index is 1.84. The molecule has 0 spiro atoms. The molecule has 3 heterocycles. The molecule has 4 heteroatoms. The topological polar surface area (TPSA) is 47.1 Å². The molecule has 2 N–H and O–H groups in total. The van der Waals surface area contributed by atoms with Crippen molar-refractivity contribution in [2.24, 2.45) is 0 Å². The van der Waals surface area contributed by atoms with Gasteiger partial charge in [0.1, 0.15) is 5.82 Å². The summed E-state index contributed by atoms with van der Waals surface area (Å²) in [6, 6.07) is 8.87. The number of aromatic nitrogens is 2. The minimum absolute atomic E-state index is 0.475. The Morgan fingerprint density at radius 1 is 1.32 bits per heavy atom. The molecule has 3 rings (SSSR count). The summed E-state index contributed by atoms with van der Waals surface area (Å²) in [6.07, 6.45) is 5.04. The van der Waals surface area contributed by atoms with Crippen molar-refractivity contribution >= 4 is 5.82 Å². The van der Waals surface area contributed by atoms with E-state index in [2.05, 4.69) is 45.8 Å². The number of nitrogens with zero attached hydrogens (tertiary/aromatic N) is 3. The molecular weight excluding hydrogens is 236 g/mol. The van der Waals surface area contributed by atoms with E-state index in [4.69, 9.17) is 5.73 Å². The van der Waals surface area contributed by atoms with Gasteiger partial charge in [-0.25, -0.2) is 4.98 Å². The molecule has 0 saturated carbocycles. The van der Waals surface area contributed by atoms with E-state index in [-0.39, 0.29) is 0 Å². The Kier molecular flexibility index (Phi) is 3.25. The molecule has 2 aromatic heterocycles. The van der Waals surface area contributed by atoms with Crippen LogP contribution in [0.15, 0.2) is 36.7 Å². The first-order valence-electron chi connectivity index (χ1n) is 6.88. The monoisotopic (exact) mass is 256 g/mol. The number of pyridine rings is 1. The van der Waals surface area contributed by atoms with Crippen molar-refractivity contribution < 1.29 is 0 Å². The molecule has 1 unspecified atom stereocenters. The molecule has 0 saturated heterocycles. The van der Waals surface area contributed by atoms with Gasteiger partial charge in [0.2, 0.25) is 0 Å². The van der Waals surface area contributed by atoms with Gasteiger partial charge in [-0.05, 0) is 24.6 Å². The molecule has 0 amide bonds. The van der Waals surface area contributed by atoms with Crippen LogP contribution in [-0.2, 0) is 13.1 Å². The second-order valence-corrected chi connectivity index (χ2v) is 5.07. The number of hydrogen-bond acceptors (Lipinski definition) is 3. The standard InChI is InChI=1S/C15H20N4/c1-2-13-14-6-4-8-18(14)9-10-19(13)11-12-5-3-7-17-15(12)16/h3-8,13H,2,9-11H2,1H3,(H2,16,17). The van der Waals surface area contributed by atoms with E-state index in [1.807, 2.05) is 6.07 Å². The van der Waals surface area contributed by atoms with E-state index in [1.165, 1.54) is 5.69 Å². The van der Waals surface area contributed by atoms with Crippen molar-refractivity contribution in [1.82, 2.24) is 14.5 Å². The van der Waals surface area contributed by atoms with Crippen LogP contribution in [0.3, 0.4) is 0 Å². The van der Waals surface area contributed by atoms with Gasteiger partial charge in [-0.1, -0.05) is 13.0 Å². The Morgan fingerprint density at radius 2 is 2.21 bits per heavy atom. The number of hydrogen-bond donors (Lipinski definition) is 1. The maximum Gasteiger partial charge on any atom is 0.127 e. The smallest absolute Gasteiger partial charge is 0.127 e. The predicted molar refractivity (Wildman–Crippen MR) is 76.5 cm³/mol. The second-order valence-electron chi connectivity index (χ2n) is 5.07. The Labute approximate surface area is 113 Å². The fourth-order valence-electron chi connectivity index (χ4n) is 2.97. The molecule has 2 aromatic rings. The van der Waals surface area contributed by atoms with Gasteiger partial charge in [-0.15, -0.1) is 0 Å².